The maximum absolute atomic E-state index is 12.5. The van der Waals surface area contributed by atoms with Crippen molar-refractivity contribution in [1.82, 2.24) is 0 Å². The lowest BCUT2D eigenvalue weighted by molar-refractivity contribution is 0.0947. The van der Waals surface area contributed by atoms with E-state index in [0.29, 0.717) is 12.8 Å². The number of ketones is 2. The molecule has 0 aliphatic heterocycles. The van der Waals surface area contributed by atoms with Gasteiger partial charge in [0.05, 0.1) is 4.88 Å². The van der Waals surface area contributed by atoms with Crippen LogP contribution in [0.1, 0.15) is 44.4 Å². The van der Waals surface area contributed by atoms with Crippen LogP contribution >= 0.6 is 22.7 Å². The Balaban J connectivity index is 1.79. The van der Waals surface area contributed by atoms with Crippen LogP contribution < -0.4 is 0 Å². The minimum Gasteiger partial charge on any atom is -0.294 e. The van der Waals surface area contributed by atoms with Crippen LogP contribution in [0.5, 0.6) is 0 Å². The first-order chi connectivity index (χ1) is 11.2. The second kappa shape index (κ2) is 7.49. The highest BCUT2D eigenvalue weighted by molar-refractivity contribution is 7.12. The Kier molecular flexibility index (Phi) is 5.16. The Hall–Kier alpha value is -2.04. The zero-order valence-corrected chi connectivity index (χ0v) is 14.1. The number of carbonyl (C=O) groups excluding carboxylic acids is 2. The van der Waals surface area contributed by atoms with E-state index in [4.69, 9.17) is 0 Å². The van der Waals surface area contributed by atoms with Crippen molar-refractivity contribution in [2.45, 2.75) is 18.8 Å². The van der Waals surface area contributed by atoms with Crippen LogP contribution in [0.3, 0.4) is 0 Å². The van der Waals surface area contributed by atoms with E-state index in [1.54, 1.807) is 0 Å². The van der Waals surface area contributed by atoms with Gasteiger partial charge in [0, 0.05) is 23.8 Å². The summed E-state index contributed by atoms with van der Waals surface area (Å²) in [6, 6.07) is 15.4. The fourth-order valence-electron chi connectivity index (χ4n) is 2.56. The Labute approximate surface area is 143 Å². The van der Waals surface area contributed by atoms with Crippen molar-refractivity contribution in [2.24, 2.45) is 0 Å². The molecule has 0 fully saturated rings. The summed E-state index contributed by atoms with van der Waals surface area (Å²) in [6.07, 6.45) is 0.721. The van der Waals surface area contributed by atoms with Gasteiger partial charge in [0.15, 0.2) is 11.6 Å². The molecule has 0 radical (unpaired) electrons. The van der Waals surface area contributed by atoms with Crippen molar-refractivity contribution >= 4 is 34.2 Å². The third kappa shape index (κ3) is 4.03. The van der Waals surface area contributed by atoms with Gasteiger partial charge < -0.3 is 0 Å². The second-order valence-corrected chi connectivity index (χ2v) is 7.08. The minimum absolute atomic E-state index is 0.0850. The number of carbonyl (C=O) groups is 2. The van der Waals surface area contributed by atoms with Crippen molar-refractivity contribution in [3.05, 3.63) is 80.7 Å². The van der Waals surface area contributed by atoms with Gasteiger partial charge >= 0.3 is 0 Å². The maximum Gasteiger partial charge on any atom is 0.173 e. The first-order valence-electron chi connectivity index (χ1n) is 7.41. The Morgan fingerprint density at radius 2 is 1.65 bits per heavy atom. The average Bonchev–Trinajstić information content (AvgIpc) is 3.28. The van der Waals surface area contributed by atoms with Crippen LogP contribution in [0.4, 0.5) is 0 Å². The minimum atomic E-state index is -0.0850. The maximum atomic E-state index is 12.5. The highest BCUT2D eigenvalue weighted by Crippen LogP contribution is 2.28. The molecule has 0 aliphatic carbocycles. The molecule has 3 aromatic rings. The van der Waals surface area contributed by atoms with Gasteiger partial charge in [0.2, 0.25) is 0 Å². The Bertz CT molecular complexity index is 711. The van der Waals surface area contributed by atoms with Gasteiger partial charge in [0.1, 0.15) is 0 Å². The molecule has 0 saturated heterocycles. The first-order valence-corrected chi connectivity index (χ1v) is 9.23. The summed E-state index contributed by atoms with van der Waals surface area (Å²) in [5, 5.41) is 5.67. The molecule has 2 heterocycles. The zero-order chi connectivity index (χ0) is 16.1. The number of thiophene rings is 2. The van der Waals surface area contributed by atoms with Gasteiger partial charge in [-0.05, 0) is 34.4 Å². The van der Waals surface area contributed by atoms with E-state index in [1.807, 2.05) is 64.7 Å². The molecule has 1 aromatic carbocycles. The predicted molar refractivity (Wildman–Crippen MR) is 95.7 cm³/mol. The van der Waals surface area contributed by atoms with Crippen molar-refractivity contribution in [2.75, 3.05) is 0 Å². The van der Waals surface area contributed by atoms with Crippen molar-refractivity contribution < 1.29 is 9.59 Å². The van der Waals surface area contributed by atoms with Crippen LogP contribution in [-0.2, 0) is 0 Å². The predicted octanol–water partition coefficient (Wildman–Crippen LogP) is 5.44. The van der Waals surface area contributed by atoms with Crippen molar-refractivity contribution in [3.63, 3.8) is 0 Å². The van der Waals surface area contributed by atoms with Crippen LogP contribution in [-0.4, -0.2) is 11.6 Å². The fourth-order valence-corrected chi connectivity index (χ4v) is 3.90. The van der Waals surface area contributed by atoms with Gasteiger partial charge in [-0.25, -0.2) is 0 Å². The number of rotatable bonds is 7. The molecule has 0 amide bonds. The summed E-state index contributed by atoms with van der Waals surface area (Å²) >= 11 is 2.97. The lowest BCUT2D eigenvalue weighted by Gasteiger charge is -2.15. The molecule has 0 aliphatic rings. The molecule has 0 saturated carbocycles. The fraction of sp³-hybridized carbons (Fsp3) is 0.158. The summed E-state index contributed by atoms with van der Waals surface area (Å²) < 4.78 is 0. The van der Waals surface area contributed by atoms with E-state index >= 15 is 0 Å². The monoisotopic (exact) mass is 340 g/mol. The average molecular weight is 340 g/mol. The van der Waals surface area contributed by atoms with E-state index in [1.165, 1.54) is 22.7 Å². The number of Topliss-reactive ketones (excluding diaryl/α,β-unsaturated/α-hetero) is 2. The van der Waals surface area contributed by atoms with Gasteiger partial charge in [-0.2, -0.15) is 11.3 Å². The lowest BCUT2D eigenvalue weighted by Crippen LogP contribution is -2.11. The summed E-state index contributed by atoms with van der Waals surface area (Å²) in [4.78, 5) is 25.7. The van der Waals surface area contributed by atoms with Crippen LogP contribution in [0, 0.1) is 0 Å². The van der Waals surface area contributed by atoms with Crippen LogP contribution in [0.25, 0.3) is 0 Å². The van der Waals surface area contributed by atoms with Gasteiger partial charge in [-0.1, -0.05) is 36.4 Å². The molecule has 2 aromatic heterocycles. The molecule has 0 N–H and O–H groups in total. The van der Waals surface area contributed by atoms with E-state index in [-0.39, 0.29) is 17.5 Å². The standard InChI is InChI=1S/C19H16O2S2/c20-17(15-8-10-22-13-15)11-16(14-5-2-1-3-6-14)12-18(21)19-7-4-9-23-19/h1-10,13,16H,11-12H2. The third-order valence-corrected chi connectivity index (χ3v) is 5.37. The molecule has 0 bridgehead atoms. The molecule has 116 valence electrons. The van der Waals surface area contributed by atoms with Crippen LogP contribution in [0.15, 0.2) is 64.7 Å². The van der Waals surface area contributed by atoms with Gasteiger partial charge in [0.25, 0.3) is 0 Å². The summed E-state index contributed by atoms with van der Waals surface area (Å²) in [7, 11) is 0. The second-order valence-electron chi connectivity index (χ2n) is 5.35. The number of hydrogen-bond donors (Lipinski definition) is 0. The van der Waals surface area contributed by atoms with Gasteiger partial charge in [-0.15, -0.1) is 11.3 Å². The number of hydrogen-bond acceptors (Lipinski definition) is 4. The van der Waals surface area contributed by atoms with Crippen molar-refractivity contribution in [1.29, 1.82) is 0 Å². The smallest absolute Gasteiger partial charge is 0.173 e. The largest absolute Gasteiger partial charge is 0.294 e. The zero-order valence-electron chi connectivity index (χ0n) is 12.5. The first kappa shape index (κ1) is 15.8. The topological polar surface area (TPSA) is 34.1 Å². The normalized spacial score (nSPS) is 12.0. The van der Waals surface area contributed by atoms with E-state index < -0.39 is 0 Å². The summed E-state index contributed by atoms with van der Waals surface area (Å²) in [5.74, 6) is 0.115. The SMILES string of the molecule is O=C(CC(CC(=O)c1cccs1)c1ccccc1)c1ccsc1. The van der Waals surface area contributed by atoms with E-state index in [0.717, 1.165) is 16.0 Å². The Morgan fingerprint density at radius 1 is 0.870 bits per heavy atom. The molecule has 23 heavy (non-hydrogen) atoms. The van der Waals surface area contributed by atoms with Crippen LogP contribution in [0.2, 0.25) is 0 Å². The van der Waals surface area contributed by atoms with Gasteiger partial charge in [-0.3, -0.25) is 9.59 Å². The highest BCUT2D eigenvalue weighted by Gasteiger charge is 2.21. The van der Waals surface area contributed by atoms with Crippen molar-refractivity contribution in [3.8, 4) is 0 Å². The molecule has 0 spiro atoms. The summed E-state index contributed by atoms with van der Waals surface area (Å²) in [5.41, 5.74) is 1.78. The molecule has 4 heteroatoms. The third-order valence-electron chi connectivity index (χ3n) is 3.77. The molecule has 3 rings (SSSR count). The number of benzene rings is 1. The lowest BCUT2D eigenvalue weighted by atomic mass is 9.88. The Morgan fingerprint density at radius 3 is 2.30 bits per heavy atom. The van der Waals surface area contributed by atoms with E-state index in [2.05, 4.69) is 0 Å². The molecule has 1 unspecified atom stereocenters. The summed E-state index contributed by atoms with van der Waals surface area (Å²) in [6.45, 7) is 0. The molecular weight excluding hydrogens is 324 g/mol. The highest BCUT2D eigenvalue weighted by atomic mass is 32.1. The van der Waals surface area contributed by atoms with E-state index in [9.17, 15) is 9.59 Å². The molecular formula is C19H16O2S2. The quantitative estimate of drug-likeness (QED) is 0.537. The molecule has 1 atom stereocenters. The molecule has 2 nitrogen and oxygen atoms in total.